The van der Waals surface area contributed by atoms with E-state index in [1.807, 2.05) is 48.5 Å². The minimum atomic E-state index is -0.161. The molecule has 2 heterocycles. The number of anilines is 1. The molecule has 5 rings (SSSR count). The third-order valence-electron chi connectivity index (χ3n) is 5.10. The molecule has 1 amide bonds. The second kappa shape index (κ2) is 5.95. The van der Waals surface area contributed by atoms with Crippen molar-refractivity contribution in [3.63, 3.8) is 0 Å². The highest BCUT2D eigenvalue weighted by Gasteiger charge is 2.22. The van der Waals surface area contributed by atoms with E-state index in [4.69, 9.17) is 4.98 Å². The Bertz CT molecular complexity index is 1090. The molecule has 0 saturated carbocycles. The maximum Gasteiger partial charge on any atom is 0.276 e. The third-order valence-corrected chi connectivity index (χ3v) is 5.10. The van der Waals surface area contributed by atoms with Crippen molar-refractivity contribution in [2.45, 2.75) is 25.7 Å². The van der Waals surface area contributed by atoms with Crippen LogP contribution >= 0.6 is 0 Å². The molecular formula is C21H18N4O. The first-order valence-electron chi connectivity index (χ1n) is 8.96. The van der Waals surface area contributed by atoms with Gasteiger partial charge in [0, 0.05) is 22.0 Å². The number of H-pyrrole nitrogens is 1. The first-order chi connectivity index (χ1) is 12.8. The highest BCUT2D eigenvalue weighted by molar-refractivity contribution is 6.16. The van der Waals surface area contributed by atoms with Crippen LogP contribution in [0.5, 0.6) is 0 Å². The van der Waals surface area contributed by atoms with Crippen LogP contribution < -0.4 is 5.32 Å². The summed E-state index contributed by atoms with van der Waals surface area (Å²) in [4.78, 5) is 17.7. The van der Waals surface area contributed by atoms with Crippen LogP contribution in [0.2, 0.25) is 0 Å². The number of carbonyl (C=O) groups is 1. The molecule has 1 aliphatic rings. The summed E-state index contributed by atoms with van der Waals surface area (Å²) in [6.07, 6.45) is 4.13. The molecule has 0 atom stereocenters. The monoisotopic (exact) mass is 342 g/mol. The van der Waals surface area contributed by atoms with Crippen molar-refractivity contribution in [3.8, 4) is 0 Å². The number of amides is 1. The summed E-state index contributed by atoms with van der Waals surface area (Å²) in [5.74, 6) is -0.161. The highest BCUT2D eigenvalue weighted by atomic mass is 16.1. The van der Waals surface area contributed by atoms with Gasteiger partial charge in [-0.1, -0.05) is 36.4 Å². The zero-order valence-electron chi connectivity index (χ0n) is 14.2. The summed E-state index contributed by atoms with van der Waals surface area (Å²) in [7, 11) is 0. The van der Waals surface area contributed by atoms with Gasteiger partial charge in [-0.25, -0.2) is 4.98 Å². The lowest BCUT2D eigenvalue weighted by molar-refractivity contribution is 0.102. The lowest BCUT2D eigenvalue weighted by atomic mass is 9.95. The fourth-order valence-corrected chi connectivity index (χ4v) is 3.82. The van der Waals surface area contributed by atoms with Crippen molar-refractivity contribution in [1.82, 2.24) is 15.2 Å². The van der Waals surface area contributed by atoms with Crippen LogP contribution in [-0.2, 0) is 12.8 Å². The third kappa shape index (κ3) is 2.36. The van der Waals surface area contributed by atoms with Crippen molar-refractivity contribution in [2.24, 2.45) is 0 Å². The number of para-hydroxylation sites is 2. The van der Waals surface area contributed by atoms with E-state index in [0.29, 0.717) is 5.69 Å². The number of nitrogens with one attached hydrogen (secondary N) is 2. The van der Waals surface area contributed by atoms with Gasteiger partial charge < -0.3 is 5.32 Å². The van der Waals surface area contributed by atoms with Gasteiger partial charge in [0.05, 0.1) is 16.7 Å². The Kier molecular flexibility index (Phi) is 3.45. The number of pyridine rings is 1. The molecular weight excluding hydrogens is 324 g/mol. The normalized spacial score (nSPS) is 13.7. The Balaban J connectivity index is 1.64. The predicted octanol–water partition coefficient (Wildman–Crippen LogP) is 4.24. The maximum atomic E-state index is 13.0. The molecule has 4 aromatic rings. The molecule has 5 heteroatoms. The molecule has 0 saturated heterocycles. The molecule has 2 aromatic carbocycles. The average Bonchev–Trinajstić information content (AvgIpc) is 3.12. The Hall–Kier alpha value is -3.21. The summed E-state index contributed by atoms with van der Waals surface area (Å²) >= 11 is 0. The first kappa shape index (κ1) is 15.1. The van der Waals surface area contributed by atoms with E-state index in [2.05, 4.69) is 15.5 Å². The maximum absolute atomic E-state index is 13.0. The van der Waals surface area contributed by atoms with Gasteiger partial charge in [0.2, 0.25) is 0 Å². The van der Waals surface area contributed by atoms with Crippen LogP contribution in [0.3, 0.4) is 0 Å². The van der Waals surface area contributed by atoms with E-state index in [9.17, 15) is 4.79 Å². The molecule has 26 heavy (non-hydrogen) atoms. The predicted molar refractivity (Wildman–Crippen MR) is 102 cm³/mol. The zero-order valence-corrected chi connectivity index (χ0v) is 14.2. The van der Waals surface area contributed by atoms with Gasteiger partial charge in [-0.05, 0) is 37.8 Å². The second-order valence-corrected chi connectivity index (χ2v) is 6.71. The summed E-state index contributed by atoms with van der Waals surface area (Å²) in [5.41, 5.74) is 5.21. The first-order valence-corrected chi connectivity index (χ1v) is 8.96. The van der Waals surface area contributed by atoms with Crippen molar-refractivity contribution in [1.29, 1.82) is 0 Å². The van der Waals surface area contributed by atoms with Gasteiger partial charge in [-0.3, -0.25) is 9.89 Å². The van der Waals surface area contributed by atoms with E-state index in [-0.39, 0.29) is 5.91 Å². The molecule has 5 nitrogen and oxygen atoms in total. The summed E-state index contributed by atoms with van der Waals surface area (Å²) in [6, 6.07) is 15.8. The van der Waals surface area contributed by atoms with Gasteiger partial charge in [-0.2, -0.15) is 5.10 Å². The Labute approximate surface area is 150 Å². The number of aryl methyl sites for hydroxylation is 1. The molecule has 0 aliphatic heterocycles. The number of aromatic amines is 1. The SMILES string of the molecule is O=C(Nc1c2ccccc2nc2ccccc12)c1n[nH]c2c1CCCC2. The van der Waals surface area contributed by atoms with E-state index in [0.717, 1.165) is 64.4 Å². The van der Waals surface area contributed by atoms with Gasteiger partial charge >= 0.3 is 0 Å². The van der Waals surface area contributed by atoms with Gasteiger partial charge in [-0.15, -0.1) is 0 Å². The number of rotatable bonds is 2. The molecule has 0 unspecified atom stereocenters. The minimum Gasteiger partial charge on any atom is -0.319 e. The van der Waals surface area contributed by atoms with Crippen LogP contribution in [0.15, 0.2) is 48.5 Å². The topological polar surface area (TPSA) is 70.7 Å². The van der Waals surface area contributed by atoms with E-state index in [1.54, 1.807) is 0 Å². The van der Waals surface area contributed by atoms with Gasteiger partial charge in [0.15, 0.2) is 5.69 Å². The minimum absolute atomic E-state index is 0.161. The molecule has 2 N–H and O–H groups in total. The molecule has 0 bridgehead atoms. The lowest BCUT2D eigenvalue weighted by Crippen LogP contribution is -2.16. The van der Waals surface area contributed by atoms with E-state index >= 15 is 0 Å². The largest absolute Gasteiger partial charge is 0.319 e. The number of aromatic nitrogens is 3. The van der Waals surface area contributed by atoms with Crippen molar-refractivity contribution in [3.05, 3.63) is 65.5 Å². The van der Waals surface area contributed by atoms with Crippen LogP contribution in [0.25, 0.3) is 21.8 Å². The smallest absolute Gasteiger partial charge is 0.276 e. The molecule has 1 aliphatic carbocycles. The van der Waals surface area contributed by atoms with Crippen molar-refractivity contribution in [2.75, 3.05) is 5.32 Å². The molecule has 2 aromatic heterocycles. The number of carbonyl (C=O) groups excluding carboxylic acids is 1. The highest BCUT2D eigenvalue weighted by Crippen LogP contribution is 2.31. The van der Waals surface area contributed by atoms with Gasteiger partial charge in [0.1, 0.15) is 0 Å². The van der Waals surface area contributed by atoms with Crippen LogP contribution in [0.1, 0.15) is 34.6 Å². The van der Waals surface area contributed by atoms with Gasteiger partial charge in [0.25, 0.3) is 5.91 Å². The second-order valence-electron chi connectivity index (χ2n) is 6.71. The Morgan fingerprint density at radius 3 is 2.31 bits per heavy atom. The van der Waals surface area contributed by atoms with Crippen LogP contribution in [0.4, 0.5) is 5.69 Å². The fourth-order valence-electron chi connectivity index (χ4n) is 3.82. The van der Waals surface area contributed by atoms with Crippen LogP contribution in [-0.4, -0.2) is 21.1 Å². The summed E-state index contributed by atoms with van der Waals surface area (Å²) in [6.45, 7) is 0. The fraction of sp³-hybridized carbons (Fsp3) is 0.190. The number of hydrogen-bond donors (Lipinski definition) is 2. The number of hydrogen-bond acceptors (Lipinski definition) is 3. The van der Waals surface area contributed by atoms with Crippen molar-refractivity contribution < 1.29 is 4.79 Å². The van der Waals surface area contributed by atoms with E-state index < -0.39 is 0 Å². The quantitative estimate of drug-likeness (QED) is 0.535. The molecule has 0 radical (unpaired) electrons. The molecule has 0 spiro atoms. The van der Waals surface area contributed by atoms with Crippen LogP contribution in [0, 0.1) is 0 Å². The lowest BCUT2D eigenvalue weighted by Gasteiger charge is -2.13. The number of nitrogens with zero attached hydrogens (tertiary/aromatic N) is 2. The standard InChI is InChI=1S/C21H18N4O/c26-21(20-15-9-3-6-12-18(15)24-25-20)23-19-13-7-1-4-10-16(13)22-17-11-5-2-8-14(17)19/h1-2,4-5,7-8,10-11H,3,6,9,12H2,(H,24,25)(H,22,23,26). The molecule has 128 valence electrons. The van der Waals surface area contributed by atoms with E-state index in [1.165, 1.54) is 0 Å². The van der Waals surface area contributed by atoms with Crippen molar-refractivity contribution >= 4 is 33.4 Å². The Morgan fingerprint density at radius 1 is 0.923 bits per heavy atom. The number of benzene rings is 2. The average molecular weight is 342 g/mol. The summed E-state index contributed by atoms with van der Waals surface area (Å²) in [5, 5.41) is 12.3. The number of fused-ring (bicyclic) bond motifs is 3. The summed E-state index contributed by atoms with van der Waals surface area (Å²) < 4.78 is 0. The molecule has 0 fully saturated rings. The zero-order chi connectivity index (χ0) is 17.5. The Morgan fingerprint density at radius 2 is 1.58 bits per heavy atom.